The predicted molar refractivity (Wildman–Crippen MR) is 67.2 cm³/mol. The van der Waals surface area contributed by atoms with Crippen molar-refractivity contribution in [3.63, 3.8) is 0 Å². The maximum atomic E-state index is 11.6. The van der Waals surface area contributed by atoms with Crippen LogP contribution in [-0.4, -0.2) is 25.3 Å². The van der Waals surface area contributed by atoms with Crippen molar-refractivity contribution in [3.8, 4) is 0 Å². The fourth-order valence-corrected chi connectivity index (χ4v) is 1.79. The standard InChI is InChI=1S/C11H14ClN3O2/c12-9-5-7(1-2-10(9)13)14-11(16)15-8-3-4-17-6-8/h1-2,5,8H,3-4,6,13H2,(H2,14,15,16). The molecule has 0 radical (unpaired) electrons. The van der Waals surface area contributed by atoms with Gasteiger partial charge in [0.2, 0.25) is 0 Å². The number of halogens is 1. The lowest BCUT2D eigenvalue weighted by Gasteiger charge is -2.12. The smallest absolute Gasteiger partial charge is 0.319 e. The summed E-state index contributed by atoms with van der Waals surface area (Å²) >= 11 is 5.85. The van der Waals surface area contributed by atoms with E-state index >= 15 is 0 Å². The molecule has 1 unspecified atom stereocenters. The van der Waals surface area contributed by atoms with Crippen molar-refractivity contribution in [2.45, 2.75) is 12.5 Å². The fourth-order valence-electron chi connectivity index (χ4n) is 1.61. The number of anilines is 2. The molecule has 1 aromatic carbocycles. The Labute approximate surface area is 104 Å². The van der Waals surface area contributed by atoms with Crippen molar-refractivity contribution in [2.24, 2.45) is 0 Å². The normalized spacial score (nSPS) is 19.0. The topological polar surface area (TPSA) is 76.4 Å². The Kier molecular flexibility index (Phi) is 3.71. The van der Waals surface area contributed by atoms with Gasteiger partial charge in [-0.2, -0.15) is 0 Å². The van der Waals surface area contributed by atoms with Crippen molar-refractivity contribution in [3.05, 3.63) is 23.2 Å². The average Bonchev–Trinajstić information content (AvgIpc) is 2.76. The van der Waals surface area contributed by atoms with Crippen LogP contribution < -0.4 is 16.4 Å². The Bertz CT molecular complexity index is 419. The number of hydrogen-bond acceptors (Lipinski definition) is 3. The molecule has 1 saturated heterocycles. The number of carbonyl (C=O) groups is 1. The van der Waals surface area contributed by atoms with E-state index in [1.54, 1.807) is 18.2 Å². The average molecular weight is 256 g/mol. The van der Waals surface area contributed by atoms with Gasteiger partial charge >= 0.3 is 6.03 Å². The van der Waals surface area contributed by atoms with E-state index in [0.717, 1.165) is 6.42 Å². The van der Waals surface area contributed by atoms with Crippen LogP contribution >= 0.6 is 11.6 Å². The summed E-state index contributed by atoms with van der Waals surface area (Å²) in [6.07, 6.45) is 0.843. The molecule has 1 aliphatic rings. The van der Waals surface area contributed by atoms with E-state index in [-0.39, 0.29) is 12.1 Å². The minimum atomic E-state index is -0.263. The van der Waals surface area contributed by atoms with E-state index in [1.165, 1.54) is 0 Å². The first-order chi connectivity index (χ1) is 8.15. The molecule has 0 saturated carbocycles. The third-order valence-electron chi connectivity index (χ3n) is 2.52. The number of amides is 2. The van der Waals surface area contributed by atoms with Crippen LogP contribution in [-0.2, 0) is 4.74 Å². The van der Waals surface area contributed by atoms with Crippen molar-refractivity contribution >= 4 is 29.0 Å². The Morgan fingerprint density at radius 2 is 2.35 bits per heavy atom. The molecule has 1 fully saturated rings. The summed E-state index contributed by atoms with van der Waals surface area (Å²) < 4.78 is 5.16. The molecule has 6 heteroatoms. The summed E-state index contributed by atoms with van der Waals surface area (Å²) in [6, 6.07) is 4.78. The van der Waals surface area contributed by atoms with Crippen LogP contribution in [0, 0.1) is 0 Å². The van der Waals surface area contributed by atoms with Crippen LogP contribution in [0.25, 0.3) is 0 Å². The molecular weight excluding hydrogens is 242 g/mol. The molecule has 2 amide bonds. The van der Waals surface area contributed by atoms with Gasteiger partial charge in [-0.1, -0.05) is 11.6 Å². The molecule has 0 aliphatic carbocycles. The number of nitrogens with one attached hydrogen (secondary N) is 2. The molecule has 1 aliphatic heterocycles. The van der Waals surface area contributed by atoms with Gasteiger partial charge < -0.3 is 21.1 Å². The van der Waals surface area contributed by atoms with Crippen molar-refractivity contribution in [1.29, 1.82) is 0 Å². The van der Waals surface area contributed by atoms with E-state index in [0.29, 0.717) is 29.6 Å². The van der Waals surface area contributed by atoms with Gasteiger partial charge in [0.25, 0.3) is 0 Å². The molecule has 5 nitrogen and oxygen atoms in total. The second-order valence-electron chi connectivity index (χ2n) is 3.90. The second kappa shape index (κ2) is 5.25. The van der Waals surface area contributed by atoms with Crippen LogP contribution in [0.1, 0.15) is 6.42 Å². The molecule has 0 aromatic heterocycles. The van der Waals surface area contributed by atoms with Gasteiger partial charge in [-0.3, -0.25) is 0 Å². The molecule has 2 rings (SSSR count). The van der Waals surface area contributed by atoms with Crippen LogP contribution in [0.15, 0.2) is 18.2 Å². The minimum Gasteiger partial charge on any atom is -0.398 e. The zero-order valence-electron chi connectivity index (χ0n) is 9.20. The van der Waals surface area contributed by atoms with Crippen LogP contribution in [0.5, 0.6) is 0 Å². The first-order valence-corrected chi connectivity index (χ1v) is 5.73. The van der Waals surface area contributed by atoms with Crippen molar-refractivity contribution in [2.75, 3.05) is 24.3 Å². The Hall–Kier alpha value is -1.46. The highest BCUT2D eigenvalue weighted by molar-refractivity contribution is 6.33. The number of nitrogen functional groups attached to an aromatic ring is 1. The molecule has 0 bridgehead atoms. The third kappa shape index (κ3) is 3.25. The molecule has 1 atom stereocenters. The zero-order chi connectivity index (χ0) is 12.3. The highest BCUT2D eigenvalue weighted by atomic mass is 35.5. The van der Waals surface area contributed by atoms with Crippen molar-refractivity contribution < 1.29 is 9.53 Å². The summed E-state index contributed by atoms with van der Waals surface area (Å²) in [6.45, 7) is 1.26. The quantitative estimate of drug-likeness (QED) is 0.706. The minimum absolute atomic E-state index is 0.0826. The molecule has 0 spiro atoms. The highest BCUT2D eigenvalue weighted by Gasteiger charge is 2.17. The second-order valence-corrected chi connectivity index (χ2v) is 4.30. The summed E-state index contributed by atoms with van der Waals surface area (Å²) in [7, 11) is 0. The van der Waals surface area contributed by atoms with Gasteiger partial charge in [0, 0.05) is 12.3 Å². The van der Waals surface area contributed by atoms with E-state index in [4.69, 9.17) is 22.1 Å². The number of benzene rings is 1. The van der Waals surface area contributed by atoms with E-state index < -0.39 is 0 Å². The molecule has 92 valence electrons. The van der Waals surface area contributed by atoms with Gasteiger partial charge in [-0.15, -0.1) is 0 Å². The van der Waals surface area contributed by atoms with Crippen LogP contribution in [0.2, 0.25) is 5.02 Å². The van der Waals surface area contributed by atoms with Crippen LogP contribution in [0.3, 0.4) is 0 Å². The zero-order valence-corrected chi connectivity index (χ0v) is 9.96. The Balaban J connectivity index is 1.90. The SMILES string of the molecule is Nc1ccc(NC(=O)NC2CCOC2)cc1Cl. The van der Waals surface area contributed by atoms with Gasteiger partial charge in [0.15, 0.2) is 0 Å². The van der Waals surface area contributed by atoms with E-state index in [1.807, 2.05) is 0 Å². The van der Waals surface area contributed by atoms with Crippen LogP contribution in [0.4, 0.5) is 16.2 Å². The molecular formula is C11H14ClN3O2. The summed E-state index contributed by atoms with van der Waals surface area (Å²) in [4.78, 5) is 11.6. The maximum absolute atomic E-state index is 11.6. The lowest BCUT2D eigenvalue weighted by molar-refractivity contribution is 0.189. The summed E-state index contributed by atoms with van der Waals surface area (Å²) in [5.41, 5.74) is 6.67. The van der Waals surface area contributed by atoms with Gasteiger partial charge in [0.05, 0.1) is 23.4 Å². The van der Waals surface area contributed by atoms with Gasteiger partial charge in [0.1, 0.15) is 0 Å². The number of ether oxygens (including phenoxy) is 1. The number of rotatable bonds is 2. The molecule has 17 heavy (non-hydrogen) atoms. The Morgan fingerprint density at radius 3 is 3.00 bits per heavy atom. The lowest BCUT2D eigenvalue weighted by atomic mass is 10.2. The predicted octanol–water partition coefficient (Wildman–Crippen LogP) is 1.83. The monoisotopic (exact) mass is 255 g/mol. The van der Waals surface area contributed by atoms with Gasteiger partial charge in [-0.25, -0.2) is 4.79 Å². The van der Waals surface area contributed by atoms with E-state index in [9.17, 15) is 4.79 Å². The third-order valence-corrected chi connectivity index (χ3v) is 2.85. The molecule has 4 N–H and O–H groups in total. The number of hydrogen-bond donors (Lipinski definition) is 3. The lowest BCUT2D eigenvalue weighted by Crippen LogP contribution is -2.38. The first-order valence-electron chi connectivity index (χ1n) is 5.35. The Morgan fingerprint density at radius 1 is 1.53 bits per heavy atom. The summed E-state index contributed by atoms with van der Waals surface area (Å²) in [5, 5.41) is 5.93. The first kappa shape index (κ1) is 12.0. The highest BCUT2D eigenvalue weighted by Crippen LogP contribution is 2.22. The van der Waals surface area contributed by atoms with Crippen molar-refractivity contribution in [1.82, 2.24) is 5.32 Å². The van der Waals surface area contributed by atoms with E-state index in [2.05, 4.69) is 10.6 Å². The largest absolute Gasteiger partial charge is 0.398 e. The molecule has 1 heterocycles. The van der Waals surface area contributed by atoms with Gasteiger partial charge in [-0.05, 0) is 24.6 Å². The maximum Gasteiger partial charge on any atom is 0.319 e. The summed E-state index contributed by atoms with van der Waals surface area (Å²) in [5.74, 6) is 0. The molecule has 1 aromatic rings. The number of urea groups is 1. The number of carbonyl (C=O) groups excluding carboxylic acids is 1. The fraction of sp³-hybridized carbons (Fsp3) is 0.364. The number of nitrogens with two attached hydrogens (primary N) is 1.